The summed E-state index contributed by atoms with van der Waals surface area (Å²) in [6, 6.07) is 5.51. The van der Waals surface area contributed by atoms with Gasteiger partial charge in [0.2, 0.25) is 0 Å². The maximum atomic E-state index is 12.0. The number of nitrogens with zero attached hydrogens (tertiary/aromatic N) is 1. The molecular formula is C16H27N3O. The van der Waals surface area contributed by atoms with Crippen LogP contribution in [0, 0.1) is 0 Å². The number of nitrogens with one attached hydrogen (secondary N) is 1. The molecule has 1 amide bonds. The van der Waals surface area contributed by atoms with Gasteiger partial charge >= 0.3 is 0 Å². The summed E-state index contributed by atoms with van der Waals surface area (Å²) in [6.45, 7) is 6.28. The van der Waals surface area contributed by atoms with E-state index in [1.54, 1.807) is 13.1 Å². The van der Waals surface area contributed by atoms with Crippen molar-refractivity contribution in [1.29, 1.82) is 0 Å². The SMILES string of the molecule is CCCCN(CCCC)c1cc(N)ccc1C(=O)NC. The van der Waals surface area contributed by atoms with E-state index < -0.39 is 0 Å². The van der Waals surface area contributed by atoms with E-state index in [1.165, 1.54) is 0 Å². The van der Waals surface area contributed by atoms with Crippen LogP contribution in [0.15, 0.2) is 18.2 Å². The van der Waals surface area contributed by atoms with Crippen LogP contribution in [0.4, 0.5) is 11.4 Å². The van der Waals surface area contributed by atoms with Crippen LogP contribution in [0.3, 0.4) is 0 Å². The number of carbonyl (C=O) groups excluding carboxylic acids is 1. The molecule has 0 radical (unpaired) electrons. The molecule has 0 aliphatic carbocycles. The average Bonchev–Trinajstić information content (AvgIpc) is 2.46. The quantitative estimate of drug-likeness (QED) is 0.718. The second kappa shape index (κ2) is 8.46. The Hall–Kier alpha value is -1.71. The van der Waals surface area contributed by atoms with E-state index in [1.807, 2.05) is 12.1 Å². The first-order chi connectivity index (χ1) is 9.63. The van der Waals surface area contributed by atoms with Crippen molar-refractivity contribution in [2.24, 2.45) is 0 Å². The lowest BCUT2D eigenvalue weighted by molar-refractivity contribution is 0.0963. The summed E-state index contributed by atoms with van der Waals surface area (Å²) in [6.07, 6.45) is 4.51. The number of benzene rings is 1. The van der Waals surface area contributed by atoms with Crippen LogP contribution in [0.25, 0.3) is 0 Å². The Morgan fingerprint density at radius 1 is 1.20 bits per heavy atom. The van der Waals surface area contributed by atoms with Gasteiger partial charge in [0.1, 0.15) is 0 Å². The molecule has 3 N–H and O–H groups in total. The van der Waals surface area contributed by atoms with E-state index in [2.05, 4.69) is 24.1 Å². The van der Waals surface area contributed by atoms with Crippen molar-refractivity contribution in [3.63, 3.8) is 0 Å². The fraction of sp³-hybridized carbons (Fsp3) is 0.562. The van der Waals surface area contributed by atoms with Crippen molar-refractivity contribution >= 4 is 17.3 Å². The van der Waals surface area contributed by atoms with E-state index in [0.29, 0.717) is 11.3 Å². The number of hydrogen-bond acceptors (Lipinski definition) is 3. The summed E-state index contributed by atoms with van der Waals surface area (Å²) in [7, 11) is 1.66. The first kappa shape index (κ1) is 16.3. The third kappa shape index (κ3) is 4.44. The fourth-order valence-corrected chi connectivity index (χ4v) is 2.19. The standard InChI is InChI=1S/C16H27N3O/c1-4-6-10-19(11-7-5-2)15-12-13(17)8-9-14(15)16(20)18-3/h8-9,12H,4-7,10-11,17H2,1-3H3,(H,18,20). The van der Waals surface area contributed by atoms with Gasteiger partial charge in [-0.1, -0.05) is 26.7 Å². The lowest BCUT2D eigenvalue weighted by Crippen LogP contribution is -2.29. The highest BCUT2D eigenvalue weighted by molar-refractivity contribution is 6.00. The Labute approximate surface area is 122 Å². The number of rotatable bonds is 8. The zero-order valence-corrected chi connectivity index (χ0v) is 12.9. The molecular weight excluding hydrogens is 250 g/mol. The highest BCUT2D eigenvalue weighted by atomic mass is 16.1. The highest BCUT2D eigenvalue weighted by Gasteiger charge is 2.15. The zero-order valence-electron chi connectivity index (χ0n) is 12.9. The Balaban J connectivity index is 3.07. The summed E-state index contributed by atoms with van der Waals surface area (Å²) in [5, 5.41) is 2.70. The van der Waals surface area contributed by atoms with Gasteiger partial charge in [-0.15, -0.1) is 0 Å². The first-order valence-electron chi connectivity index (χ1n) is 7.50. The minimum absolute atomic E-state index is 0.0574. The molecule has 0 aliphatic heterocycles. The summed E-state index contributed by atoms with van der Waals surface area (Å²) < 4.78 is 0. The van der Waals surface area contributed by atoms with E-state index in [4.69, 9.17) is 5.73 Å². The lowest BCUT2D eigenvalue weighted by Gasteiger charge is -2.27. The predicted molar refractivity (Wildman–Crippen MR) is 86.3 cm³/mol. The Bertz CT molecular complexity index is 424. The Morgan fingerprint density at radius 3 is 2.30 bits per heavy atom. The van der Waals surface area contributed by atoms with Gasteiger partial charge < -0.3 is 16.0 Å². The molecule has 0 aliphatic rings. The maximum absolute atomic E-state index is 12.0. The van der Waals surface area contributed by atoms with E-state index in [0.717, 1.165) is 44.5 Å². The van der Waals surface area contributed by atoms with Crippen LogP contribution in [0.1, 0.15) is 49.9 Å². The molecule has 0 atom stereocenters. The Kier molecular flexibility index (Phi) is 6.91. The van der Waals surface area contributed by atoms with Crippen molar-refractivity contribution in [2.45, 2.75) is 39.5 Å². The zero-order chi connectivity index (χ0) is 15.0. The molecule has 1 aromatic carbocycles. The molecule has 0 unspecified atom stereocenters. The molecule has 0 fully saturated rings. The number of nitrogens with two attached hydrogens (primary N) is 1. The minimum atomic E-state index is -0.0574. The molecule has 0 spiro atoms. The van der Waals surface area contributed by atoms with Gasteiger partial charge in [-0.3, -0.25) is 4.79 Å². The van der Waals surface area contributed by atoms with Crippen molar-refractivity contribution < 1.29 is 4.79 Å². The topological polar surface area (TPSA) is 58.4 Å². The molecule has 0 saturated heterocycles. The summed E-state index contributed by atoms with van der Waals surface area (Å²) in [4.78, 5) is 14.3. The van der Waals surface area contributed by atoms with Crippen molar-refractivity contribution in [3.8, 4) is 0 Å². The maximum Gasteiger partial charge on any atom is 0.253 e. The van der Waals surface area contributed by atoms with Crippen LogP contribution in [0.5, 0.6) is 0 Å². The largest absolute Gasteiger partial charge is 0.399 e. The smallest absolute Gasteiger partial charge is 0.253 e. The number of nitrogen functional groups attached to an aromatic ring is 1. The second-order valence-electron chi connectivity index (χ2n) is 5.05. The number of hydrogen-bond donors (Lipinski definition) is 2. The average molecular weight is 277 g/mol. The molecule has 4 nitrogen and oxygen atoms in total. The molecule has 0 bridgehead atoms. The van der Waals surface area contributed by atoms with Crippen LogP contribution in [-0.4, -0.2) is 26.0 Å². The van der Waals surface area contributed by atoms with Gasteiger partial charge in [0.05, 0.1) is 11.3 Å². The lowest BCUT2D eigenvalue weighted by atomic mass is 10.1. The van der Waals surface area contributed by atoms with Gasteiger partial charge in [-0.05, 0) is 31.0 Å². The molecule has 0 saturated carbocycles. The summed E-state index contributed by atoms with van der Waals surface area (Å²) >= 11 is 0. The predicted octanol–water partition coefficient (Wildman–Crippen LogP) is 3.04. The van der Waals surface area contributed by atoms with Gasteiger partial charge in [0.15, 0.2) is 0 Å². The van der Waals surface area contributed by atoms with Crippen LogP contribution in [-0.2, 0) is 0 Å². The van der Waals surface area contributed by atoms with E-state index in [-0.39, 0.29) is 5.91 Å². The molecule has 0 heterocycles. The summed E-state index contributed by atoms with van der Waals surface area (Å²) in [5.41, 5.74) is 8.26. The number of carbonyl (C=O) groups is 1. The minimum Gasteiger partial charge on any atom is -0.399 e. The molecule has 1 rings (SSSR count). The van der Waals surface area contributed by atoms with E-state index >= 15 is 0 Å². The second-order valence-corrected chi connectivity index (χ2v) is 5.05. The van der Waals surface area contributed by atoms with Crippen LogP contribution < -0.4 is 16.0 Å². The van der Waals surface area contributed by atoms with Crippen molar-refractivity contribution in [3.05, 3.63) is 23.8 Å². The molecule has 112 valence electrons. The molecule has 4 heteroatoms. The summed E-state index contributed by atoms with van der Waals surface area (Å²) in [5.74, 6) is -0.0574. The third-order valence-electron chi connectivity index (χ3n) is 3.40. The molecule has 20 heavy (non-hydrogen) atoms. The van der Waals surface area contributed by atoms with Crippen molar-refractivity contribution in [2.75, 3.05) is 30.8 Å². The third-order valence-corrected chi connectivity index (χ3v) is 3.40. The Morgan fingerprint density at radius 2 is 1.80 bits per heavy atom. The highest BCUT2D eigenvalue weighted by Crippen LogP contribution is 2.24. The van der Waals surface area contributed by atoms with Crippen molar-refractivity contribution in [1.82, 2.24) is 5.32 Å². The van der Waals surface area contributed by atoms with Crippen LogP contribution in [0.2, 0.25) is 0 Å². The molecule has 0 aromatic heterocycles. The normalized spacial score (nSPS) is 10.3. The van der Waals surface area contributed by atoms with Gasteiger partial charge in [0.25, 0.3) is 5.91 Å². The fourth-order valence-electron chi connectivity index (χ4n) is 2.19. The van der Waals surface area contributed by atoms with Gasteiger partial charge in [-0.25, -0.2) is 0 Å². The molecule has 1 aromatic rings. The van der Waals surface area contributed by atoms with Gasteiger partial charge in [-0.2, -0.15) is 0 Å². The number of unbranched alkanes of at least 4 members (excludes halogenated alkanes) is 2. The first-order valence-corrected chi connectivity index (χ1v) is 7.50. The number of anilines is 2. The van der Waals surface area contributed by atoms with Crippen LogP contribution >= 0.6 is 0 Å². The monoisotopic (exact) mass is 277 g/mol. The van der Waals surface area contributed by atoms with E-state index in [9.17, 15) is 4.79 Å². The van der Waals surface area contributed by atoms with Gasteiger partial charge in [0, 0.05) is 25.8 Å². The number of amides is 1.